The highest BCUT2D eigenvalue weighted by Crippen LogP contribution is 1.63. The van der Waals surface area contributed by atoms with Crippen molar-refractivity contribution in [1.29, 1.82) is 0 Å². The summed E-state index contributed by atoms with van der Waals surface area (Å²) in [6.07, 6.45) is 0. The first kappa shape index (κ1) is 11.0. The lowest BCUT2D eigenvalue weighted by Gasteiger charge is -2.07. The average Bonchev–Trinajstić information content (AvgIpc) is 1.27. The summed E-state index contributed by atoms with van der Waals surface area (Å²) >= 11 is -5.42. The van der Waals surface area contributed by atoms with Gasteiger partial charge in [0.05, 0.1) is 0 Å². The van der Waals surface area contributed by atoms with Crippen molar-refractivity contribution in [3.63, 3.8) is 0 Å². The van der Waals surface area contributed by atoms with Crippen LogP contribution in [0.4, 0.5) is 0 Å². The van der Waals surface area contributed by atoms with Gasteiger partial charge in [0.15, 0.2) is 0 Å². The van der Waals surface area contributed by atoms with E-state index in [1.54, 1.807) is 0 Å². The van der Waals surface area contributed by atoms with Gasteiger partial charge in [-0.05, 0) is 0 Å². The average molecular weight is 159 g/mol. The molecule has 0 radical (unpaired) electrons. The van der Waals surface area contributed by atoms with Crippen LogP contribution in [0.2, 0.25) is 0 Å². The Bertz CT molecular complexity index is 90.2. The maximum atomic E-state index is 9.31. The maximum absolute atomic E-state index is 9.31. The van der Waals surface area contributed by atoms with E-state index in [0.717, 1.165) is 4.13 Å². The molecule has 52 valence electrons. The molecular weight excluding hydrogens is 154 g/mol. The number of hydrogen-bond donors (Lipinski definition) is 1. The van der Waals surface area contributed by atoms with Crippen LogP contribution in [0.5, 0.6) is 0 Å². The molecule has 0 saturated heterocycles. The molecule has 0 aromatic heterocycles. The number of hydrogen-bond acceptors (Lipinski definition) is 4. The Morgan fingerprint density at radius 3 is 1.38 bits per heavy atom. The zero-order valence-electron chi connectivity index (χ0n) is 2.95. The van der Waals surface area contributed by atoms with Crippen LogP contribution < -0.4 is 4.13 Å². The van der Waals surface area contributed by atoms with Crippen molar-refractivity contribution in [3.8, 4) is 0 Å². The lowest BCUT2D eigenvalue weighted by molar-refractivity contribution is 0.515. The summed E-state index contributed by atoms with van der Waals surface area (Å²) in [5, 5.41) is 0. The topological polar surface area (TPSA) is 92.3 Å². The Morgan fingerprint density at radius 1 is 1.12 bits per heavy atom. The molecule has 7 heteroatoms. The van der Waals surface area contributed by atoms with E-state index >= 15 is 0 Å². The second-order valence-corrected chi connectivity index (χ2v) is 2.16. The fourth-order valence-electron chi connectivity index (χ4n) is 0.0556. The molecule has 0 aliphatic carbocycles. The van der Waals surface area contributed by atoms with Gasteiger partial charge in [-0.2, -0.15) is 4.13 Å². The van der Waals surface area contributed by atoms with Gasteiger partial charge in [-0.1, -0.05) is 7.43 Å². The smallest absolute Gasteiger partial charge is 0.0294 e. The molecule has 0 heterocycles. The molecule has 1 N–H and O–H groups in total. The van der Waals surface area contributed by atoms with Crippen LogP contribution in [0.1, 0.15) is 7.43 Å². The zero-order chi connectivity index (χ0) is 5.86. The van der Waals surface area contributed by atoms with Gasteiger partial charge in [-0.25, -0.2) is 0 Å². The summed E-state index contributed by atoms with van der Waals surface area (Å²) in [4.78, 5) is 0. The molecule has 5 nitrogen and oxygen atoms in total. The summed E-state index contributed by atoms with van der Waals surface area (Å²) in [7, 11) is 0. The van der Waals surface area contributed by atoms with Crippen LogP contribution in [0.15, 0.2) is 0 Å². The third-order valence-electron chi connectivity index (χ3n) is 0.136. The molecule has 0 aromatic rings. The fourth-order valence-corrected chi connectivity index (χ4v) is 0.500. The van der Waals surface area contributed by atoms with Crippen LogP contribution in [-0.4, -0.2) is 17.5 Å². The Kier molecular flexibility index (Phi) is 7.34. The Balaban J connectivity index is 0. The van der Waals surface area contributed by atoms with Gasteiger partial charge in [-0.3, -0.25) is 8.42 Å². The van der Waals surface area contributed by atoms with Gasteiger partial charge in [-0.15, -0.1) is 0 Å². The second kappa shape index (κ2) is 5.32. The summed E-state index contributed by atoms with van der Waals surface area (Å²) in [5.41, 5.74) is 0. The van der Waals surface area contributed by atoms with Crippen LogP contribution in [-0.2, 0) is 22.5 Å². The molecule has 0 spiro atoms. The van der Waals surface area contributed by atoms with Crippen LogP contribution in [0.25, 0.3) is 0 Å². The van der Waals surface area contributed by atoms with E-state index < -0.39 is 22.5 Å². The summed E-state index contributed by atoms with van der Waals surface area (Å²) in [6, 6.07) is 0. The lowest BCUT2D eigenvalue weighted by atomic mass is 12.0. The molecule has 0 aromatic carbocycles. The second-order valence-electron chi connectivity index (χ2n) is 0.553. The highest BCUT2D eigenvalue weighted by atomic mass is 32.3. The minimum atomic E-state index is -2.71. The Hall–Kier alpha value is 0.180. The predicted molar refractivity (Wildman–Crippen MR) is 27.7 cm³/mol. The zero-order valence-corrected chi connectivity index (χ0v) is 4.58. The third kappa shape index (κ3) is 9.49. The summed E-state index contributed by atoms with van der Waals surface area (Å²) < 4.78 is 38.4. The molecule has 8 heavy (non-hydrogen) atoms. The van der Waals surface area contributed by atoms with Crippen LogP contribution in [0, 0.1) is 0 Å². The molecule has 2 atom stereocenters. The number of rotatable bonds is 2. The van der Waals surface area contributed by atoms with E-state index in [0.29, 0.717) is 0 Å². The van der Waals surface area contributed by atoms with Crippen molar-refractivity contribution >= 4 is 22.5 Å². The van der Waals surface area contributed by atoms with E-state index in [1.165, 1.54) is 0 Å². The van der Waals surface area contributed by atoms with E-state index in [4.69, 9.17) is 0 Å². The quantitative estimate of drug-likeness (QED) is 0.512. The van der Waals surface area contributed by atoms with Gasteiger partial charge in [0.1, 0.15) is 0 Å². The van der Waals surface area contributed by atoms with Gasteiger partial charge in [0, 0.05) is 22.5 Å². The molecule has 0 bridgehead atoms. The molecule has 0 aliphatic rings. The summed E-state index contributed by atoms with van der Waals surface area (Å²) in [5.74, 6) is 0. The van der Waals surface area contributed by atoms with E-state index in [-0.39, 0.29) is 7.43 Å². The Labute approximate surface area is 52.3 Å². The minimum absolute atomic E-state index is 0. The highest BCUT2D eigenvalue weighted by Gasteiger charge is 1.73. The standard InChI is InChI=1S/CH4.H3NO4S2/c;2-6(3)1-7(4)5/h1H4;1H,(H,2,3)(H,4,5)/p-2. The van der Waals surface area contributed by atoms with Gasteiger partial charge < -0.3 is 9.11 Å². The molecule has 0 rings (SSSR count). The van der Waals surface area contributed by atoms with Crippen molar-refractivity contribution in [2.75, 3.05) is 0 Å². The molecule has 0 aliphatic heterocycles. The summed E-state index contributed by atoms with van der Waals surface area (Å²) in [6.45, 7) is 0. The third-order valence-corrected chi connectivity index (χ3v) is 1.22. The molecule has 2 unspecified atom stereocenters. The molecule has 0 saturated carbocycles. The van der Waals surface area contributed by atoms with Gasteiger partial charge in [0.2, 0.25) is 0 Å². The first-order valence-corrected chi connectivity index (χ1v) is 3.22. The highest BCUT2D eigenvalue weighted by molar-refractivity contribution is 7.92. The van der Waals surface area contributed by atoms with Crippen LogP contribution >= 0.6 is 0 Å². The van der Waals surface area contributed by atoms with E-state index in [9.17, 15) is 17.5 Å². The minimum Gasteiger partial charge on any atom is -0.759 e. The SMILES string of the molecule is C.O=S([O-])NS(=O)[O-]. The lowest BCUT2D eigenvalue weighted by Crippen LogP contribution is -2.18. The fraction of sp³-hybridized carbons (Fsp3) is 1.00. The maximum Gasteiger partial charge on any atom is 0.0294 e. The van der Waals surface area contributed by atoms with Crippen molar-refractivity contribution in [1.82, 2.24) is 4.13 Å². The van der Waals surface area contributed by atoms with Crippen molar-refractivity contribution in [3.05, 3.63) is 0 Å². The first-order valence-electron chi connectivity index (χ1n) is 1.07. The monoisotopic (exact) mass is 159 g/mol. The van der Waals surface area contributed by atoms with Gasteiger partial charge in [0.25, 0.3) is 0 Å². The largest absolute Gasteiger partial charge is 0.759 e. The predicted octanol–water partition coefficient (Wildman–Crippen LogP) is -1.20. The van der Waals surface area contributed by atoms with Crippen molar-refractivity contribution < 1.29 is 17.5 Å². The first-order chi connectivity index (χ1) is 3.13. The van der Waals surface area contributed by atoms with Crippen molar-refractivity contribution in [2.45, 2.75) is 7.43 Å². The molecule has 0 amide bonds. The van der Waals surface area contributed by atoms with Gasteiger partial charge >= 0.3 is 0 Å². The van der Waals surface area contributed by atoms with E-state index in [2.05, 4.69) is 0 Å². The Morgan fingerprint density at radius 2 is 1.38 bits per heavy atom. The molecule has 0 fully saturated rings. The number of nitrogens with one attached hydrogen (secondary N) is 1. The van der Waals surface area contributed by atoms with Crippen LogP contribution in [0.3, 0.4) is 0 Å². The van der Waals surface area contributed by atoms with Crippen molar-refractivity contribution in [2.24, 2.45) is 0 Å². The molecular formula is CH5NO4S2-2. The van der Waals surface area contributed by atoms with E-state index in [1.807, 2.05) is 0 Å². The normalized spacial score (nSPS) is 16.2.